The van der Waals surface area contributed by atoms with E-state index in [1.54, 1.807) is 30.3 Å². The molecule has 4 atom stereocenters. The molecule has 0 saturated heterocycles. The van der Waals surface area contributed by atoms with Crippen LogP contribution < -0.4 is 11.4 Å². The number of rotatable bonds is 3. The normalized spacial score (nSPS) is 24.8. The maximum absolute atomic E-state index is 14.8. The van der Waals surface area contributed by atoms with Gasteiger partial charge in [0.25, 0.3) is 0 Å². The summed E-state index contributed by atoms with van der Waals surface area (Å²) in [7, 11) is 1.43. The van der Waals surface area contributed by atoms with Gasteiger partial charge in [-0.2, -0.15) is 0 Å². The molecule has 0 amide bonds. The zero-order valence-electron chi connectivity index (χ0n) is 22.6. The minimum absolute atomic E-state index is 0.0275. The zero-order valence-corrected chi connectivity index (χ0v) is 24.2. The van der Waals surface area contributed by atoms with Crippen LogP contribution in [0.3, 0.4) is 0 Å². The van der Waals surface area contributed by atoms with Crippen molar-refractivity contribution in [1.82, 2.24) is 13.9 Å². The molecule has 0 radical (unpaired) electrons. The number of aromatic nitrogens is 3. The zero-order chi connectivity index (χ0) is 29.3. The summed E-state index contributed by atoms with van der Waals surface area (Å²) in [6.45, 7) is 0.120. The van der Waals surface area contributed by atoms with Crippen molar-refractivity contribution in [2.75, 3.05) is 0 Å². The molecule has 1 saturated carbocycles. The average Bonchev–Trinajstić information content (AvgIpc) is 3.23. The van der Waals surface area contributed by atoms with Crippen molar-refractivity contribution < 1.29 is 14.7 Å². The first kappa shape index (κ1) is 26.4. The smallest absolute Gasteiger partial charge is 0.347 e. The van der Waals surface area contributed by atoms with Crippen molar-refractivity contribution in [3.8, 4) is 5.75 Å². The van der Waals surface area contributed by atoms with Gasteiger partial charge in [-0.15, -0.1) is 0 Å². The van der Waals surface area contributed by atoms with E-state index in [-0.39, 0.29) is 30.3 Å². The van der Waals surface area contributed by atoms with E-state index in [0.29, 0.717) is 32.3 Å². The molecule has 0 bridgehead atoms. The number of hydrogen-bond donors (Lipinski definition) is 1. The maximum atomic E-state index is 14.8. The second-order valence-corrected chi connectivity index (χ2v) is 12.0. The quantitative estimate of drug-likeness (QED) is 0.343. The molecule has 210 valence electrons. The Labute approximate surface area is 249 Å². The van der Waals surface area contributed by atoms with Crippen LogP contribution in [0.4, 0.5) is 0 Å². The van der Waals surface area contributed by atoms with Crippen molar-refractivity contribution in [1.29, 1.82) is 0 Å². The molecule has 42 heavy (non-hydrogen) atoms. The van der Waals surface area contributed by atoms with Crippen molar-refractivity contribution in [2.45, 2.75) is 30.3 Å². The summed E-state index contributed by atoms with van der Waals surface area (Å²) in [4.78, 5) is 55.9. The van der Waals surface area contributed by atoms with Crippen LogP contribution in [-0.4, -0.2) is 30.6 Å². The van der Waals surface area contributed by atoms with Crippen LogP contribution in [0.25, 0.3) is 5.57 Å². The fourth-order valence-electron chi connectivity index (χ4n) is 7.35. The van der Waals surface area contributed by atoms with E-state index >= 15 is 0 Å². The van der Waals surface area contributed by atoms with E-state index in [4.69, 9.17) is 0 Å². The van der Waals surface area contributed by atoms with Crippen LogP contribution >= 0.6 is 15.9 Å². The number of Topliss-reactive ketones (excluding diaryl/α,β-unsaturated/α-hetero) is 1. The van der Waals surface area contributed by atoms with Gasteiger partial charge in [0.2, 0.25) is 0 Å². The number of phenols is 1. The molecule has 2 aliphatic carbocycles. The van der Waals surface area contributed by atoms with Crippen molar-refractivity contribution in [3.05, 3.63) is 139 Å². The van der Waals surface area contributed by atoms with Gasteiger partial charge in [0, 0.05) is 34.5 Å². The highest BCUT2D eigenvalue weighted by atomic mass is 79.9. The van der Waals surface area contributed by atoms with Gasteiger partial charge in [-0.05, 0) is 47.4 Å². The Morgan fingerprint density at radius 2 is 1.60 bits per heavy atom. The molecule has 1 aromatic heterocycles. The molecule has 1 N–H and O–H groups in total. The maximum Gasteiger partial charge on any atom is 0.347 e. The van der Waals surface area contributed by atoms with E-state index in [2.05, 4.69) is 15.9 Å². The summed E-state index contributed by atoms with van der Waals surface area (Å²) >= 11 is 3.53. The highest BCUT2D eigenvalue weighted by Gasteiger charge is 2.63. The molecule has 0 unspecified atom stereocenters. The van der Waals surface area contributed by atoms with Gasteiger partial charge >= 0.3 is 11.4 Å². The Bertz CT molecular complexity index is 1970. The van der Waals surface area contributed by atoms with Crippen LogP contribution in [0.15, 0.2) is 111 Å². The van der Waals surface area contributed by atoms with Crippen molar-refractivity contribution in [2.24, 2.45) is 13.0 Å². The number of aromatic hydroxyl groups is 1. The van der Waals surface area contributed by atoms with E-state index < -0.39 is 34.7 Å². The Hall–Kier alpha value is -4.50. The lowest BCUT2D eigenvalue weighted by Crippen LogP contribution is -2.58. The Kier molecular flexibility index (Phi) is 5.99. The van der Waals surface area contributed by atoms with Gasteiger partial charge in [-0.3, -0.25) is 9.59 Å². The van der Waals surface area contributed by atoms with E-state index in [1.165, 1.54) is 22.5 Å². The summed E-state index contributed by atoms with van der Waals surface area (Å²) < 4.78 is 4.56. The minimum Gasteiger partial charge on any atom is -0.508 e. The molecule has 4 aromatic rings. The Morgan fingerprint density at radius 1 is 0.905 bits per heavy atom. The highest BCUT2D eigenvalue weighted by molar-refractivity contribution is 9.10. The number of allylic oxidation sites excluding steroid dienone is 4. The largest absolute Gasteiger partial charge is 0.508 e. The lowest BCUT2D eigenvalue weighted by molar-refractivity contribution is -0.133. The van der Waals surface area contributed by atoms with Crippen LogP contribution in [0.5, 0.6) is 5.75 Å². The molecule has 8 nitrogen and oxygen atoms in total. The molecule has 1 aliphatic heterocycles. The van der Waals surface area contributed by atoms with Crippen LogP contribution in [0.1, 0.15) is 35.1 Å². The summed E-state index contributed by atoms with van der Waals surface area (Å²) in [6, 6.07) is 22.7. The molecule has 9 heteroatoms. The van der Waals surface area contributed by atoms with Crippen LogP contribution in [0, 0.1) is 5.92 Å². The molecule has 7 rings (SSSR count). The second-order valence-electron chi connectivity index (χ2n) is 11.1. The van der Waals surface area contributed by atoms with Crippen LogP contribution in [-0.2, 0) is 28.6 Å². The minimum atomic E-state index is -1.40. The van der Waals surface area contributed by atoms with Gasteiger partial charge < -0.3 is 5.11 Å². The predicted molar refractivity (Wildman–Crippen MR) is 160 cm³/mol. The first-order valence-corrected chi connectivity index (χ1v) is 14.5. The first-order valence-electron chi connectivity index (χ1n) is 13.7. The van der Waals surface area contributed by atoms with Crippen molar-refractivity contribution in [3.63, 3.8) is 0 Å². The van der Waals surface area contributed by atoms with Gasteiger partial charge in [0.05, 0.1) is 18.0 Å². The summed E-state index contributed by atoms with van der Waals surface area (Å²) in [5.74, 6) is -2.19. The third kappa shape index (κ3) is 3.52. The number of carbonyl (C=O) groups is 2. The highest BCUT2D eigenvalue weighted by Crippen LogP contribution is 2.62. The molecule has 0 spiro atoms. The standard InChI is InChI=1S/C33H26BrN3O5/c1-35-31(41)36-15-14-22-26(37(36)32(35)42)18-25-30(40)23(19-8-4-2-5-9-19)17-28(39)33(25,20-10-6-3-7-11-20)29(22)24-16-21(34)12-13-27(24)38/h2-14,16-17,25-26,29,38H,15,18H2,1H3/t25-,26+,29+,33-/m0/s1. The van der Waals surface area contributed by atoms with Crippen LogP contribution in [0.2, 0.25) is 0 Å². The number of benzene rings is 3. The molecule has 2 heterocycles. The molecule has 1 fully saturated rings. The second kappa shape index (κ2) is 9.52. The average molecular weight is 624 g/mol. The number of phenolic OH excluding ortho intramolecular Hbond substituents is 1. The molecular formula is C33H26BrN3O5. The van der Waals surface area contributed by atoms with Gasteiger partial charge in [0.1, 0.15) is 5.75 Å². The number of nitrogens with zero attached hydrogens (tertiary/aromatic N) is 3. The van der Waals surface area contributed by atoms with Gasteiger partial charge in [-0.1, -0.05) is 82.7 Å². The summed E-state index contributed by atoms with van der Waals surface area (Å²) in [5, 5.41) is 11.3. The lowest BCUT2D eigenvalue weighted by Gasteiger charge is -2.54. The predicted octanol–water partition coefficient (Wildman–Crippen LogP) is 4.27. The lowest BCUT2D eigenvalue weighted by atomic mass is 9.47. The number of carbonyl (C=O) groups excluding carboxylic acids is 2. The Balaban J connectivity index is 1.58. The van der Waals surface area contributed by atoms with E-state index in [0.717, 1.165) is 4.57 Å². The number of ketones is 2. The topological polar surface area (TPSA) is 103 Å². The monoisotopic (exact) mass is 623 g/mol. The van der Waals surface area contributed by atoms with E-state index in [9.17, 15) is 24.3 Å². The number of halogens is 1. The number of fused-ring (bicyclic) bond motifs is 4. The number of hydrogen-bond acceptors (Lipinski definition) is 5. The molecule has 3 aromatic carbocycles. The fraction of sp³-hybridized carbons (Fsp3) is 0.212. The first-order chi connectivity index (χ1) is 20.2. The molecular weight excluding hydrogens is 598 g/mol. The van der Waals surface area contributed by atoms with Gasteiger partial charge in [-0.25, -0.2) is 23.5 Å². The fourth-order valence-corrected chi connectivity index (χ4v) is 7.72. The summed E-state index contributed by atoms with van der Waals surface area (Å²) in [5.41, 5.74) is 0.442. The van der Waals surface area contributed by atoms with Gasteiger partial charge in [0.15, 0.2) is 11.6 Å². The third-order valence-electron chi connectivity index (χ3n) is 9.13. The Morgan fingerprint density at radius 3 is 2.31 bits per heavy atom. The molecule has 3 aliphatic rings. The third-order valence-corrected chi connectivity index (χ3v) is 9.62. The van der Waals surface area contributed by atoms with E-state index in [1.807, 2.05) is 54.6 Å². The SMILES string of the molecule is Cn1c(=O)n2n(c1=O)[C@@H]1C[C@H]3C(=O)C(c4ccccc4)=CC(=O)[C@@]3(c3ccccc3)[C@@H](c3cc(Br)ccc3O)C1=CC2. The summed E-state index contributed by atoms with van der Waals surface area (Å²) in [6.07, 6.45) is 3.47. The van der Waals surface area contributed by atoms with Crippen molar-refractivity contribution >= 4 is 33.1 Å².